The lowest BCUT2D eigenvalue weighted by atomic mass is 9.95. The van der Waals surface area contributed by atoms with Crippen LogP contribution in [0, 0.1) is 0 Å². The monoisotopic (exact) mass is 443 g/mol. The average Bonchev–Trinajstić information content (AvgIpc) is 3.34. The molecule has 162 valence electrons. The fourth-order valence-electron chi connectivity index (χ4n) is 3.40. The maximum absolute atomic E-state index is 12.7. The molecule has 0 radical (unpaired) electrons. The van der Waals surface area contributed by atoms with Crippen molar-refractivity contribution in [2.24, 2.45) is 0 Å². The summed E-state index contributed by atoms with van der Waals surface area (Å²) in [4.78, 5) is 23.4. The van der Waals surface area contributed by atoms with Crippen LogP contribution in [0.25, 0.3) is 10.6 Å². The zero-order valence-corrected chi connectivity index (χ0v) is 18.9. The standard InChI is InChI=1S/C26H25N3O2S/c1-18(19-6-4-3-5-7-19)8-13-23(30)25-15-14-24(32-25)22-16-17-27-26(29-22)28-20-9-11-21(31-2)12-10-20/h3-7,9-12,14-18H,8,13H2,1-2H3,(H,27,28,29)/t18-/m1/s1. The molecule has 0 saturated carbocycles. The molecular formula is C26H25N3O2S. The Hall–Kier alpha value is -3.51. The highest BCUT2D eigenvalue weighted by molar-refractivity contribution is 7.17. The number of Topliss-reactive ketones (excluding diaryl/α,β-unsaturated/α-hetero) is 1. The molecular weight excluding hydrogens is 418 g/mol. The second kappa shape index (κ2) is 10.2. The molecule has 0 aliphatic carbocycles. The van der Waals surface area contributed by atoms with Crippen LogP contribution in [0.1, 0.15) is 40.9 Å². The molecule has 0 fully saturated rings. The van der Waals surface area contributed by atoms with E-state index in [1.807, 2.05) is 60.7 Å². The molecule has 0 spiro atoms. The Morgan fingerprint density at radius 3 is 2.56 bits per heavy atom. The summed E-state index contributed by atoms with van der Waals surface area (Å²) in [5.74, 6) is 1.83. The molecule has 1 N–H and O–H groups in total. The molecule has 0 bridgehead atoms. The second-order valence-corrected chi connectivity index (χ2v) is 8.64. The number of hydrogen-bond donors (Lipinski definition) is 1. The van der Waals surface area contributed by atoms with E-state index in [4.69, 9.17) is 4.74 Å². The average molecular weight is 444 g/mol. The van der Waals surface area contributed by atoms with Crippen molar-refractivity contribution < 1.29 is 9.53 Å². The number of carbonyl (C=O) groups is 1. The van der Waals surface area contributed by atoms with E-state index >= 15 is 0 Å². The van der Waals surface area contributed by atoms with Gasteiger partial charge in [-0.1, -0.05) is 37.3 Å². The molecule has 1 atom stereocenters. The van der Waals surface area contributed by atoms with Crippen LogP contribution in [0.2, 0.25) is 0 Å². The number of rotatable bonds is 9. The van der Waals surface area contributed by atoms with E-state index in [-0.39, 0.29) is 5.78 Å². The molecule has 4 rings (SSSR count). The summed E-state index contributed by atoms with van der Waals surface area (Å²) in [6.45, 7) is 2.17. The number of hydrogen-bond acceptors (Lipinski definition) is 6. The molecule has 0 amide bonds. The number of nitrogens with zero attached hydrogens (tertiary/aromatic N) is 2. The Morgan fingerprint density at radius 2 is 1.81 bits per heavy atom. The summed E-state index contributed by atoms with van der Waals surface area (Å²) in [7, 11) is 1.64. The predicted octanol–water partition coefficient (Wildman–Crippen LogP) is 6.72. The second-order valence-electron chi connectivity index (χ2n) is 7.56. The molecule has 2 aromatic carbocycles. The lowest BCUT2D eigenvalue weighted by Crippen LogP contribution is -2.00. The fourth-order valence-corrected chi connectivity index (χ4v) is 4.35. The smallest absolute Gasteiger partial charge is 0.227 e. The minimum atomic E-state index is 0.176. The number of thiophene rings is 1. The zero-order chi connectivity index (χ0) is 22.3. The van der Waals surface area contributed by atoms with Gasteiger partial charge in [-0.25, -0.2) is 9.97 Å². The van der Waals surface area contributed by atoms with Gasteiger partial charge < -0.3 is 10.1 Å². The van der Waals surface area contributed by atoms with E-state index in [1.165, 1.54) is 16.9 Å². The summed E-state index contributed by atoms with van der Waals surface area (Å²) in [6.07, 6.45) is 3.08. The molecule has 0 aliphatic heterocycles. The highest BCUT2D eigenvalue weighted by Gasteiger charge is 2.14. The molecule has 2 aromatic heterocycles. The van der Waals surface area contributed by atoms with Crippen LogP contribution in [-0.2, 0) is 0 Å². The number of anilines is 2. The Balaban J connectivity index is 1.40. The molecule has 0 aliphatic rings. The van der Waals surface area contributed by atoms with Crippen molar-refractivity contribution in [1.29, 1.82) is 0 Å². The van der Waals surface area contributed by atoms with E-state index < -0.39 is 0 Å². The number of methoxy groups -OCH3 is 1. The van der Waals surface area contributed by atoms with Crippen molar-refractivity contribution in [3.05, 3.63) is 89.4 Å². The van der Waals surface area contributed by atoms with Gasteiger partial charge in [0.05, 0.1) is 22.6 Å². The lowest BCUT2D eigenvalue weighted by Gasteiger charge is -2.10. The molecule has 5 nitrogen and oxygen atoms in total. The summed E-state index contributed by atoms with van der Waals surface area (Å²) < 4.78 is 5.19. The number of ether oxygens (including phenoxy) is 1. The normalized spacial score (nSPS) is 11.7. The third-order valence-electron chi connectivity index (χ3n) is 5.31. The Kier molecular flexibility index (Phi) is 6.92. The van der Waals surface area contributed by atoms with Gasteiger partial charge in [-0.2, -0.15) is 0 Å². The summed E-state index contributed by atoms with van der Waals surface area (Å²) >= 11 is 1.48. The predicted molar refractivity (Wildman–Crippen MR) is 130 cm³/mol. The molecule has 0 saturated heterocycles. The minimum Gasteiger partial charge on any atom is -0.497 e. The van der Waals surface area contributed by atoms with Crippen molar-refractivity contribution in [3.63, 3.8) is 0 Å². The van der Waals surface area contributed by atoms with Crippen LogP contribution < -0.4 is 10.1 Å². The highest BCUT2D eigenvalue weighted by Crippen LogP contribution is 2.30. The summed E-state index contributed by atoms with van der Waals surface area (Å²) in [5.41, 5.74) is 2.93. The van der Waals surface area contributed by atoms with Crippen LogP contribution in [0.5, 0.6) is 5.75 Å². The first kappa shape index (κ1) is 21.7. The maximum atomic E-state index is 12.7. The first-order valence-electron chi connectivity index (χ1n) is 10.5. The molecule has 0 unspecified atom stereocenters. The van der Waals surface area contributed by atoms with E-state index in [0.717, 1.165) is 33.3 Å². The van der Waals surface area contributed by atoms with Crippen LogP contribution in [0.3, 0.4) is 0 Å². The highest BCUT2D eigenvalue weighted by atomic mass is 32.1. The Morgan fingerprint density at radius 1 is 1.03 bits per heavy atom. The molecule has 6 heteroatoms. The van der Waals surface area contributed by atoms with Gasteiger partial charge in [0.15, 0.2) is 5.78 Å². The van der Waals surface area contributed by atoms with Gasteiger partial charge in [-0.15, -0.1) is 11.3 Å². The third-order valence-corrected chi connectivity index (χ3v) is 6.46. The van der Waals surface area contributed by atoms with Gasteiger partial charge in [0.1, 0.15) is 5.75 Å². The summed E-state index contributed by atoms with van der Waals surface area (Å²) in [6, 6.07) is 23.6. The number of nitrogens with one attached hydrogen (secondary N) is 1. The minimum absolute atomic E-state index is 0.176. The molecule has 32 heavy (non-hydrogen) atoms. The van der Waals surface area contributed by atoms with Gasteiger partial charge >= 0.3 is 0 Å². The van der Waals surface area contributed by atoms with Crippen molar-refractivity contribution >= 4 is 28.8 Å². The Labute approximate surface area is 192 Å². The number of ketones is 1. The van der Waals surface area contributed by atoms with E-state index in [9.17, 15) is 4.79 Å². The van der Waals surface area contributed by atoms with E-state index in [0.29, 0.717) is 18.3 Å². The van der Waals surface area contributed by atoms with Crippen molar-refractivity contribution in [1.82, 2.24) is 9.97 Å². The molecule has 2 heterocycles. The van der Waals surface area contributed by atoms with E-state index in [2.05, 4.69) is 34.3 Å². The maximum Gasteiger partial charge on any atom is 0.227 e. The quantitative estimate of drug-likeness (QED) is 0.291. The third kappa shape index (κ3) is 5.39. The fraction of sp³-hybridized carbons (Fsp3) is 0.192. The van der Waals surface area contributed by atoms with Crippen molar-refractivity contribution in [2.75, 3.05) is 12.4 Å². The topological polar surface area (TPSA) is 64.1 Å². The Bertz CT molecular complexity index is 1170. The van der Waals surface area contributed by atoms with Crippen LogP contribution in [0.15, 0.2) is 79.0 Å². The number of aromatic nitrogens is 2. The zero-order valence-electron chi connectivity index (χ0n) is 18.1. The van der Waals surface area contributed by atoms with Gasteiger partial charge in [0.2, 0.25) is 5.95 Å². The first-order valence-corrected chi connectivity index (χ1v) is 11.4. The van der Waals surface area contributed by atoms with Crippen LogP contribution in [-0.4, -0.2) is 22.9 Å². The van der Waals surface area contributed by atoms with Crippen LogP contribution >= 0.6 is 11.3 Å². The largest absolute Gasteiger partial charge is 0.497 e. The van der Waals surface area contributed by atoms with E-state index in [1.54, 1.807) is 13.3 Å². The van der Waals surface area contributed by atoms with Gasteiger partial charge in [0, 0.05) is 18.3 Å². The molecule has 4 aromatic rings. The van der Waals surface area contributed by atoms with Gasteiger partial charge in [0.25, 0.3) is 0 Å². The summed E-state index contributed by atoms with van der Waals surface area (Å²) in [5, 5.41) is 3.20. The lowest BCUT2D eigenvalue weighted by molar-refractivity contribution is 0.0982. The van der Waals surface area contributed by atoms with Gasteiger partial charge in [-0.3, -0.25) is 4.79 Å². The first-order chi connectivity index (χ1) is 15.6. The number of benzene rings is 2. The van der Waals surface area contributed by atoms with Gasteiger partial charge in [-0.05, 0) is 60.4 Å². The number of carbonyl (C=O) groups excluding carboxylic acids is 1. The SMILES string of the molecule is COc1ccc(Nc2nccc(-c3ccc(C(=O)CC[C@@H](C)c4ccccc4)s3)n2)cc1. The van der Waals surface area contributed by atoms with Crippen LogP contribution in [0.4, 0.5) is 11.6 Å². The van der Waals surface area contributed by atoms with Crippen molar-refractivity contribution in [3.8, 4) is 16.3 Å². The van der Waals surface area contributed by atoms with Crippen molar-refractivity contribution in [2.45, 2.75) is 25.7 Å².